The van der Waals surface area contributed by atoms with Crippen LogP contribution in [0, 0.1) is 23.7 Å². The van der Waals surface area contributed by atoms with E-state index in [0.717, 1.165) is 24.9 Å². The minimum atomic E-state index is -3.84. The molecule has 0 aromatic heterocycles. The van der Waals surface area contributed by atoms with Gasteiger partial charge in [-0.1, -0.05) is 49.1 Å². The summed E-state index contributed by atoms with van der Waals surface area (Å²) >= 11 is 0. The lowest BCUT2D eigenvalue weighted by Gasteiger charge is -2.37. The molecule has 2 aromatic carbocycles. The summed E-state index contributed by atoms with van der Waals surface area (Å²) in [5.41, 5.74) is 1.96. The van der Waals surface area contributed by atoms with Crippen molar-refractivity contribution < 1.29 is 18.3 Å². The van der Waals surface area contributed by atoms with Crippen LogP contribution >= 0.6 is 0 Å². The normalized spacial score (nSPS) is 23.1. The molecule has 2 aliphatic rings. The van der Waals surface area contributed by atoms with Crippen LogP contribution < -0.4 is 4.74 Å². The summed E-state index contributed by atoms with van der Waals surface area (Å²) < 4.78 is 35.0. The number of ether oxygens (including phenoxy) is 1. The van der Waals surface area contributed by atoms with Gasteiger partial charge < -0.3 is 9.84 Å². The Morgan fingerprint density at radius 3 is 2.62 bits per heavy atom. The molecule has 1 saturated carbocycles. The molecule has 3 atom stereocenters. The fourth-order valence-corrected chi connectivity index (χ4v) is 6.03. The highest BCUT2D eigenvalue weighted by Crippen LogP contribution is 2.34. The van der Waals surface area contributed by atoms with Crippen molar-refractivity contribution in [3.05, 3.63) is 59.7 Å². The van der Waals surface area contributed by atoms with Crippen molar-refractivity contribution in [2.45, 2.75) is 50.3 Å². The monoisotopic (exact) mass is 482 g/mol. The van der Waals surface area contributed by atoms with Crippen LogP contribution in [0.4, 0.5) is 0 Å². The third-order valence-electron chi connectivity index (χ3n) is 6.45. The zero-order valence-corrected chi connectivity index (χ0v) is 21.0. The smallest absolute Gasteiger partial charge is 0.247 e. The second kappa shape index (κ2) is 10.5. The Morgan fingerprint density at radius 2 is 1.94 bits per heavy atom. The zero-order chi connectivity index (χ0) is 24.3. The standard InChI is InChI=1S/C27H34N2O4S/c1-20-16-29(21(2)19-30)34(31,32)27-14-13-23(12-11-22-9-10-22)15-25(27)33-26(20)18-28(3)17-24-7-5-4-6-8-24/h4-8,13-15,20-22,26,30H,9-10,16-19H2,1-3H3/t20-,21+,26-/m1/s1. The van der Waals surface area contributed by atoms with Crippen molar-refractivity contribution in [3.63, 3.8) is 0 Å². The van der Waals surface area contributed by atoms with E-state index in [4.69, 9.17) is 4.74 Å². The minimum absolute atomic E-state index is 0.0867. The van der Waals surface area contributed by atoms with Crippen LogP contribution in [0.2, 0.25) is 0 Å². The summed E-state index contributed by atoms with van der Waals surface area (Å²) in [6, 6.07) is 14.8. The largest absolute Gasteiger partial charge is 0.487 e. The molecule has 6 nitrogen and oxygen atoms in total. The first-order valence-corrected chi connectivity index (χ1v) is 13.4. The molecule has 1 fully saturated rings. The summed E-state index contributed by atoms with van der Waals surface area (Å²) in [7, 11) is -1.79. The van der Waals surface area contributed by atoms with Gasteiger partial charge in [0.2, 0.25) is 10.0 Å². The quantitative estimate of drug-likeness (QED) is 0.640. The van der Waals surface area contributed by atoms with E-state index in [2.05, 4.69) is 28.9 Å². The van der Waals surface area contributed by atoms with Crippen molar-refractivity contribution >= 4 is 10.0 Å². The SMILES string of the molecule is C[C@@H]1CN([C@@H](C)CO)S(=O)(=O)c2ccc(C#CC3CC3)cc2O[C@@H]1CN(C)Cc1ccccc1. The molecule has 7 heteroatoms. The molecular formula is C27H34N2O4S. The summed E-state index contributed by atoms with van der Waals surface area (Å²) in [4.78, 5) is 2.33. The zero-order valence-electron chi connectivity index (χ0n) is 20.1. The van der Waals surface area contributed by atoms with Gasteiger partial charge in [0.1, 0.15) is 16.7 Å². The van der Waals surface area contributed by atoms with Crippen molar-refractivity contribution in [3.8, 4) is 17.6 Å². The molecule has 1 aliphatic carbocycles. The van der Waals surface area contributed by atoms with Crippen LogP contribution in [0.5, 0.6) is 5.75 Å². The fourth-order valence-electron chi connectivity index (χ4n) is 4.20. The lowest BCUT2D eigenvalue weighted by molar-refractivity contribution is 0.0733. The van der Waals surface area contributed by atoms with Gasteiger partial charge in [-0.2, -0.15) is 4.31 Å². The molecule has 0 radical (unpaired) electrons. The van der Waals surface area contributed by atoms with E-state index in [9.17, 15) is 13.5 Å². The van der Waals surface area contributed by atoms with Crippen LogP contribution in [0.3, 0.4) is 0 Å². The number of likely N-dealkylation sites (N-methyl/N-ethyl adjacent to an activating group) is 1. The van der Waals surface area contributed by atoms with E-state index in [1.165, 1.54) is 9.87 Å². The third kappa shape index (κ3) is 5.81. The van der Waals surface area contributed by atoms with E-state index in [0.29, 0.717) is 18.2 Å². The Morgan fingerprint density at radius 1 is 1.21 bits per heavy atom. The Hall–Kier alpha value is -2.37. The molecule has 0 saturated heterocycles. The van der Waals surface area contributed by atoms with E-state index < -0.39 is 16.1 Å². The second-order valence-corrected chi connectivity index (χ2v) is 11.5. The first kappa shape index (κ1) is 24.7. The molecule has 2 aromatic rings. The first-order chi connectivity index (χ1) is 16.3. The number of fused-ring (bicyclic) bond motifs is 1. The fraction of sp³-hybridized carbons (Fsp3) is 0.481. The number of hydrogen-bond acceptors (Lipinski definition) is 5. The van der Waals surface area contributed by atoms with Gasteiger partial charge in [0.25, 0.3) is 0 Å². The Labute approximate surface area is 203 Å². The maximum absolute atomic E-state index is 13.6. The summed E-state index contributed by atoms with van der Waals surface area (Å²) in [6.07, 6.45) is 2.02. The van der Waals surface area contributed by atoms with Gasteiger partial charge >= 0.3 is 0 Å². The Bertz CT molecular complexity index is 1150. The molecule has 1 aliphatic heterocycles. The van der Waals surface area contributed by atoms with Gasteiger partial charge in [-0.05, 0) is 50.6 Å². The van der Waals surface area contributed by atoms with Gasteiger partial charge in [0.05, 0.1) is 6.61 Å². The predicted molar refractivity (Wildman–Crippen MR) is 133 cm³/mol. The molecule has 1 N–H and O–H groups in total. The third-order valence-corrected chi connectivity index (χ3v) is 8.47. The van der Waals surface area contributed by atoms with Gasteiger partial charge in [-0.15, -0.1) is 0 Å². The molecule has 4 rings (SSSR count). The molecule has 0 spiro atoms. The maximum atomic E-state index is 13.6. The van der Waals surface area contributed by atoms with Gasteiger partial charge in [0.15, 0.2) is 0 Å². The topological polar surface area (TPSA) is 70.1 Å². The summed E-state index contributed by atoms with van der Waals surface area (Å²) in [5.74, 6) is 7.11. The Kier molecular flexibility index (Phi) is 7.63. The average Bonchev–Trinajstić information content (AvgIpc) is 3.64. The number of hydrogen-bond donors (Lipinski definition) is 1. The minimum Gasteiger partial charge on any atom is -0.487 e. The number of aliphatic hydroxyl groups is 1. The summed E-state index contributed by atoms with van der Waals surface area (Å²) in [6.45, 7) is 5.17. The van der Waals surface area contributed by atoms with Gasteiger partial charge in [-0.3, -0.25) is 4.90 Å². The molecule has 0 bridgehead atoms. The predicted octanol–water partition coefficient (Wildman–Crippen LogP) is 3.35. The highest BCUT2D eigenvalue weighted by molar-refractivity contribution is 7.89. The van der Waals surface area contributed by atoms with Crippen LogP contribution in [0.25, 0.3) is 0 Å². The number of aliphatic hydroxyl groups excluding tert-OH is 1. The van der Waals surface area contributed by atoms with Crippen molar-refractivity contribution in [1.29, 1.82) is 0 Å². The van der Waals surface area contributed by atoms with Crippen LogP contribution in [0.1, 0.15) is 37.8 Å². The highest BCUT2D eigenvalue weighted by Gasteiger charge is 2.38. The number of nitrogens with zero attached hydrogens (tertiary/aromatic N) is 2. The average molecular weight is 483 g/mol. The van der Waals surface area contributed by atoms with Crippen molar-refractivity contribution in [2.24, 2.45) is 11.8 Å². The van der Waals surface area contributed by atoms with E-state index >= 15 is 0 Å². The molecular weight excluding hydrogens is 448 g/mol. The second-order valence-electron chi connectivity index (χ2n) is 9.63. The number of rotatable bonds is 6. The first-order valence-electron chi connectivity index (χ1n) is 12.0. The van der Waals surface area contributed by atoms with Crippen molar-refractivity contribution in [2.75, 3.05) is 26.7 Å². The molecule has 182 valence electrons. The lowest BCUT2D eigenvalue weighted by atomic mass is 10.0. The van der Waals surface area contributed by atoms with Crippen LogP contribution in [0.15, 0.2) is 53.4 Å². The highest BCUT2D eigenvalue weighted by atomic mass is 32.2. The Balaban J connectivity index is 1.66. The lowest BCUT2D eigenvalue weighted by Crippen LogP contribution is -2.49. The molecule has 34 heavy (non-hydrogen) atoms. The number of benzene rings is 2. The summed E-state index contributed by atoms with van der Waals surface area (Å²) in [5, 5.41) is 9.80. The molecule has 0 unspecified atom stereocenters. The maximum Gasteiger partial charge on any atom is 0.247 e. The van der Waals surface area contributed by atoms with E-state index in [1.54, 1.807) is 25.1 Å². The van der Waals surface area contributed by atoms with Crippen molar-refractivity contribution in [1.82, 2.24) is 9.21 Å². The van der Waals surface area contributed by atoms with Crippen LogP contribution in [-0.2, 0) is 16.6 Å². The van der Waals surface area contributed by atoms with E-state index in [1.807, 2.05) is 32.2 Å². The van der Waals surface area contributed by atoms with Crippen LogP contribution in [-0.4, -0.2) is 61.6 Å². The van der Waals surface area contributed by atoms with E-state index in [-0.39, 0.29) is 30.1 Å². The number of sulfonamides is 1. The molecule has 0 amide bonds. The molecule has 1 heterocycles. The van der Waals surface area contributed by atoms with Gasteiger partial charge in [0, 0.05) is 43.1 Å². The van der Waals surface area contributed by atoms with Gasteiger partial charge in [-0.25, -0.2) is 8.42 Å².